The van der Waals surface area contributed by atoms with E-state index in [0.29, 0.717) is 11.4 Å². The standard InChI is InChI=1S/C21H27N3O3/c1-14(18(25)23-13-16-7-6-12-22-20(16)27-5)24-19(26)15-8-10-17(11-9-15)21(2,3)4/h6-12,14H,13H2,1-5H3,(H,23,25)(H,24,26). The van der Waals surface area contributed by atoms with E-state index in [2.05, 4.69) is 36.4 Å². The number of hydrogen-bond donors (Lipinski definition) is 2. The van der Waals surface area contributed by atoms with Crippen molar-refractivity contribution in [1.82, 2.24) is 15.6 Å². The summed E-state index contributed by atoms with van der Waals surface area (Å²) in [5.41, 5.74) is 2.46. The van der Waals surface area contributed by atoms with Gasteiger partial charge in [-0.3, -0.25) is 9.59 Å². The molecule has 0 saturated carbocycles. The van der Waals surface area contributed by atoms with Crippen molar-refractivity contribution < 1.29 is 14.3 Å². The van der Waals surface area contributed by atoms with Crippen LogP contribution >= 0.6 is 0 Å². The summed E-state index contributed by atoms with van der Waals surface area (Å²) < 4.78 is 5.16. The zero-order valence-corrected chi connectivity index (χ0v) is 16.5. The normalized spacial score (nSPS) is 12.2. The lowest BCUT2D eigenvalue weighted by molar-refractivity contribution is -0.122. The maximum absolute atomic E-state index is 12.4. The van der Waals surface area contributed by atoms with Gasteiger partial charge >= 0.3 is 0 Å². The highest BCUT2D eigenvalue weighted by Gasteiger charge is 2.18. The molecule has 0 saturated heterocycles. The van der Waals surface area contributed by atoms with E-state index < -0.39 is 6.04 Å². The monoisotopic (exact) mass is 369 g/mol. The van der Waals surface area contributed by atoms with E-state index in [9.17, 15) is 9.59 Å². The summed E-state index contributed by atoms with van der Waals surface area (Å²) in [6, 6.07) is 10.4. The molecule has 0 radical (unpaired) electrons. The third-order valence-electron chi connectivity index (χ3n) is 4.25. The molecule has 0 fully saturated rings. The minimum absolute atomic E-state index is 0.0233. The largest absolute Gasteiger partial charge is 0.481 e. The van der Waals surface area contributed by atoms with Gasteiger partial charge in [-0.15, -0.1) is 0 Å². The number of hydrogen-bond acceptors (Lipinski definition) is 4. The van der Waals surface area contributed by atoms with Gasteiger partial charge in [-0.1, -0.05) is 39.0 Å². The lowest BCUT2D eigenvalue weighted by Gasteiger charge is -2.19. The Hall–Kier alpha value is -2.89. The molecule has 1 atom stereocenters. The summed E-state index contributed by atoms with van der Waals surface area (Å²) in [7, 11) is 1.53. The van der Waals surface area contributed by atoms with Crippen LogP contribution in [0.5, 0.6) is 5.88 Å². The highest BCUT2D eigenvalue weighted by atomic mass is 16.5. The first-order valence-electron chi connectivity index (χ1n) is 8.89. The average molecular weight is 369 g/mol. The van der Waals surface area contributed by atoms with Crippen LogP contribution < -0.4 is 15.4 Å². The molecule has 1 aromatic carbocycles. The minimum atomic E-state index is -0.664. The first-order chi connectivity index (χ1) is 12.7. The van der Waals surface area contributed by atoms with E-state index in [1.165, 1.54) is 7.11 Å². The van der Waals surface area contributed by atoms with Crippen LogP contribution in [0.25, 0.3) is 0 Å². The lowest BCUT2D eigenvalue weighted by Crippen LogP contribution is -2.44. The lowest BCUT2D eigenvalue weighted by atomic mass is 9.86. The molecule has 0 aliphatic rings. The van der Waals surface area contributed by atoms with Gasteiger partial charge < -0.3 is 15.4 Å². The van der Waals surface area contributed by atoms with Gasteiger partial charge in [-0.2, -0.15) is 0 Å². The fraction of sp³-hybridized carbons (Fsp3) is 0.381. The number of nitrogens with one attached hydrogen (secondary N) is 2. The zero-order valence-electron chi connectivity index (χ0n) is 16.5. The summed E-state index contributed by atoms with van der Waals surface area (Å²) in [6.07, 6.45) is 1.62. The quantitative estimate of drug-likeness (QED) is 0.820. The fourth-order valence-corrected chi connectivity index (χ4v) is 2.55. The van der Waals surface area contributed by atoms with Crippen LogP contribution in [0.2, 0.25) is 0 Å². The fourth-order valence-electron chi connectivity index (χ4n) is 2.55. The summed E-state index contributed by atoms with van der Waals surface area (Å²) in [4.78, 5) is 28.7. The van der Waals surface area contributed by atoms with E-state index >= 15 is 0 Å². The van der Waals surface area contributed by atoms with Crippen molar-refractivity contribution in [2.24, 2.45) is 0 Å². The van der Waals surface area contributed by atoms with Gasteiger partial charge in [-0.05, 0) is 36.1 Å². The second-order valence-corrected chi connectivity index (χ2v) is 7.41. The number of ether oxygens (including phenoxy) is 1. The molecular formula is C21H27N3O3. The molecule has 0 bridgehead atoms. The number of methoxy groups -OCH3 is 1. The van der Waals surface area contributed by atoms with E-state index in [-0.39, 0.29) is 23.8 Å². The molecule has 6 heteroatoms. The molecular weight excluding hydrogens is 342 g/mol. The SMILES string of the molecule is COc1ncccc1CNC(=O)C(C)NC(=O)c1ccc(C(C)(C)C)cc1. The molecule has 6 nitrogen and oxygen atoms in total. The molecule has 2 rings (SSSR count). The van der Waals surface area contributed by atoms with Crippen LogP contribution in [0, 0.1) is 0 Å². The van der Waals surface area contributed by atoms with Crippen LogP contribution in [0.15, 0.2) is 42.6 Å². The van der Waals surface area contributed by atoms with Gasteiger partial charge in [0.1, 0.15) is 6.04 Å². The molecule has 2 aromatic rings. The van der Waals surface area contributed by atoms with E-state index in [4.69, 9.17) is 4.74 Å². The predicted octanol–water partition coefficient (Wildman–Crippen LogP) is 2.82. The number of carbonyl (C=O) groups excluding carboxylic acids is 2. The van der Waals surface area contributed by atoms with Crippen molar-refractivity contribution in [2.75, 3.05) is 7.11 Å². The molecule has 2 amide bonds. The molecule has 144 valence electrons. The molecule has 0 spiro atoms. The maximum atomic E-state index is 12.4. The average Bonchev–Trinajstić information content (AvgIpc) is 2.65. The number of aromatic nitrogens is 1. The zero-order chi connectivity index (χ0) is 20.0. The van der Waals surface area contributed by atoms with Gasteiger partial charge in [0.25, 0.3) is 5.91 Å². The Morgan fingerprint density at radius 3 is 2.41 bits per heavy atom. The molecule has 1 heterocycles. The highest BCUT2D eigenvalue weighted by Crippen LogP contribution is 2.22. The second-order valence-electron chi connectivity index (χ2n) is 7.41. The Morgan fingerprint density at radius 2 is 1.81 bits per heavy atom. The highest BCUT2D eigenvalue weighted by molar-refractivity contribution is 5.97. The maximum Gasteiger partial charge on any atom is 0.251 e. The van der Waals surface area contributed by atoms with Crippen molar-refractivity contribution >= 4 is 11.8 Å². The molecule has 1 unspecified atom stereocenters. The van der Waals surface area contributed by atoms with E-state index in [0.717, 1.165) is 11.1 Å². The second kappa shape index (κ2) is 8.66. The molecule has 0 aliphatic carbocycles. The van der Waals surface area contributed by atoms with Crippen LogP contribution in [0.3, 0.4) is 0 Å². The Bertz CT molecular complexity index is 795. The Balaban J connectivity index is 1.92. The molecule has 0 aliphatic heterocycles. The van der Waals surface area contributed by atoms with Crippen LogP contribution in [0.1, 0.15) is 49.2 Å². The Kier molecular flexibility index (Phi) is 6.55. The number of carbonyl (C=O) groups is 2. The van der Waals surface area contributed by atoms with Gasteiger partial charge in [0.05, 0.1) is 7.11 Å². The Morgan fingerprint density at radius 1 is 1.15 bits per heavy atom. The summed E-state index contributed by atoms with van der Waals surface area (Å²) in [5, 5.41) is 5.51. The molecule has 1 aromatic heterocycles. The topological polar surface area (TPSA) is 80.3 Å². The van der Waals surface area contributed by atoms with Crippen LogP contribution in [-0.2, 0) is 16.8 Å². The molecule has 27 heavy (non-hydrogen) atoms. The minimum Gasteiger partial charge on any atom is -0.481 e. The van der Waals surface area contributed by atoms with E-state index in [1.54, 1.807) is 31.3 Å². The van der Waals surface area contributed by atoms with Gasteiger partial charge in [-0.25, -0.2) is 4.98 Å². The van der Waals surface area contributed by atoms with Gasteiger partial charge in [0, 0.05) is 23.9 Å². The number of nitrogens with zero attached hydrogens (tertiary/aromatic N) is 1. The molecule has 2 N–H and O–H groups in total. The van der Waals surface area contributed by atoms with Gasteiger partial charge in [0.15, 0.2) is 0 Å². The Labute approximate surface area is 160 Å². The smallest absolute Gasteiger partial charge is 0.251 e. The third kappa shape index (κ3) is 5.54. The van der Waals surface area contributed by atoms with Crippen molar-refractivity contribution in [3.63, 3.8) is 0 Å². The summed E-state index contributed by atoms with van der Waals surface area (Å²) in [5.74, 6) is -0.0916. The van der Waals surface area contributed by atoms with Crippen molar-refractivity contribution in [1.29, 1.82) is 0 Å². The number of rotatable bonds is 6. The third-order valence-corrected chi connectivity index (χ3v) is 4.25. The first-order valence-corrected chi connectivity index (χ1v) is 8.89. The van der Waals surface area contributed by atoms with Crippen molar-refractivity contribution in [2.45, 2.75) is 45.7 Å². The van der Waals surface area contributed by atoms with Crippen molar-refractivity contribution in [3.8, 4) is 5.88 Å². The first kappa shape index (κ1) is 20.4. The number of amides is 2. The summed E-state index contributed by atoms with van der Waals surface area (Å²) in [6.45, 7) is 8.27. The van der Waals surface area contributed by atoms with Crippen molar-refractivity contribution in [3.05, 3.63) is 59.3 Å². The van der Waals surface area contributed by atoms with Crippen LogP contribution in [0.4, 0.5) is 0 Å². The summed E-state index contributed by atoms with van der Waals surface area (Å²) >= 11 is 0. The number of benzene rings is 1. The predicted molar refractivity (Wildman–Crippen MR) is 105 cm³/mol. The van der Waals surface area contributed by atoms with Gasteiger partial charge in [0.2, 0.25) is 11.8 Å². The number of pyridine rings is 1. The van der Waals surface area contributed by atoms with E-state index in [1.807, 2.05) is 18.2 Å². The van der Waals surface area contributed by atoms with Crippen LogP contribution in [-0.4, -0.2) is 29.9 Å².